The summed E-state index contributed by atoms with van der Waals surface area (Å²) >= 11 is 0. The van der Waals surface area contributed by atoms with E-state index in [2.05, 4.69) is 12.2 Å². The third-order valence-electron chi connectivity index (χ3n) is 3.61. The molecule has 1 fully saturated rings. The molecule has 2 rings (SSSR count). The number of urea groups is 1. The van der Waals surface area contributed by atoms with Gasteiger partial charge in [0.15, 0.2) is 0 Å². The number of hydrogen-bond acceptors (Lipinski definition) is 2. The van der Waals surface area contributed by atoms with Crippen molar-refractivity contribution in [3.63, 3.8) is 0 Å². The largest absolute Gasteiger partial charge is 0.397 e. The smallest absolute Gasteiger partial charge is 0.321 e. The van der Waals surface area contributed by atoms with E-state index in [0.717, 1.165) is 43.1 Å². The van der Waals surface area contributed by atoms with E-state index in [0.29, 0.717) is 5.69 Å². The first-order valence-corrected chi connectivity index (χ1v) is 6.49. The van der Waals surface area contributed by atoms with Crippen molar-refractivity contribution in [2.24, 2.45) is 5.92 Å². The summed E-state index contributed by atoms with van der Waals surface area (Å²) in [5.41, 5.74) is 8.24. The standard InChI is InChI=1S/C14H21N3O/c1-10-6-8-17(9-7-10)14(18)16-13-11(2)4-3-5-12(13)15/h3-5,10H,6-9,15H2,1-2H3,(H,16,18). The molecule has 0 saturated carbocycles. The zero-order valence-corrected chi connectivity index (χ0v) is 11.1. The lowest BCUT2D eigenvalue weighted by atomic mass is 10.00. The van der Waals surface area contributed by atoms with Crippen LogP contribution in [0.4, 0.5) is 16.2 Å². The van der Waals surface area contributed by atoms with Gasteiger partial charge in [-0.1, -0.05) is 19.1 Å². The van der Waals surface area contributed by atoms with Crippen molar-refractivity contribution in [2.45, 2.75) is 26.7 Å². The van der Waals surface area contributed by atoms with Crippen molar-refractivity contribution in [2.75, 3.05) is 24.1 Å². The highest BCUT2D eigenvalue weighted by atomic mass is 16.2. The Balaban J connectivity index is 2.03. The first kappa shape index (κ1) is 12.7. The summed E-state index contributed by atoms with van der Waals surface area (Å²) < 4.78 is 0. The lowest BCUT2D eigenvalue weighted by Gasteiger charge is -2.30. The molecule has 0 aliphatic carbocycles. The van der Waals surface area contributed by atoms with Gasteiger partial charge in [-0.3, -0.25) is 0 Å². The SMILES string of the molecule is Cc1cccc(N)c1NC(=O)N1CCC(C)CC1. The van der Waals surface area contributed by atoms with Crippen molar-refractivity contribution in [3.8, 4) is 0 Å². The Labute approximate surface area is 108 Å². The van der Waals surface area contributed by atoms with Crippen LogP contribution >= 0.6 is 0 Å². The van der Waals surface area contributed by atoms with E-state index in [-0.39, 0.29) is 6.03 Å². The number of nitrogen functional groups attached to an aromatic ring is 1. The van der Waals surface area contributed by atoms with Crippen molar-refractivity contribution in [1.82, 2.24) is 4.90 Å². The van der Waals surface area contributed by atoms with E-state index in [1.54, 1.807) is 6.07 Å². The fraction of sp³-hybridized carbons (Fsp3) is 0.500. The van der Waals surface area contributed by atoms with E-state index in [1.807, 2.05) is 24.0 Å². The number of rotatable bonds is 1. The van der Waals surface area contributed by atoms with Gasteiger partial charge in [-0.15, -0.1) is 0 Å². The number of para-hydroxylation sites is 1. The van der Waals surface area contributed by atoms with Crippen LogP contribution in [0, 0.1) is 12.8 Å². The van der Waals surface area contributed by atoms with Crippen molar-refractivity contribution in [3.05, 3.63) is 23.8 Å². The van der Waals surface area contributed by atoms with Crippen LogP contribution in [-0.4, -0.2) is 24.0 Å². The number of aryl methyl sites for hydroxylation is 1. The highest BCUT2D eigenvalue weighted by Gasteiger charge is 2.20. The Hall–Kier alpha value is -1.71. The molecule has 1 aromatic rings. The maximum atomic E-state index is 12.1. The van der Waals surface area contributed by atoms with Crippen LogP contribution in [0.5, 0.6) is 0 Å². The molecule has 1 aromatic carbocycles. The van der Waals surface area contributed by atoms with Gasteiger partial charge < -0.3 is 16.0 Å². The topological polar surface area (TPSA) is 58.4 Å². The lowest BCUT2D eigenvalue weighted by molar-refractivity contribution is 0.186. The molecule has 0 unspecified atom stereocenters. The average Bonchev–Trinajstić information content (AvgIpc) is 2.34. The Morgan fingerprint density at radius 1 is 1.39 bits per heavy atom. The highest BCUT2D eigenvalue weighted by molar-refractivity contribution is 5.93. The fourth-order valence-electron chi connectivity index (χ4n) is 2.26. The van der Waals surface area contributed by atoms with Crippen molar-refractivity contribution < 1.29 is 4.79 Å². The number of amides is 2. The number of carbonyl (C=O) groups excluding carboxylic acids is 1. The Kier molecular flexibility index (Phi) is 3.75. The van der Waals surface area contributed by atoms with Gasteiger partial charge in [0, 0.05) is 13.1 Å². The first-order chi connectivity index (χ1) is 8.58. The van der Waals surface area contributed by atoms with Crippen LogP contribution in [0.15, 0.2) is 18.2 Å². The average molecular weight is 247 g/mol. The van der Waals surface area contributed by atoms with Crippen LogP contribution < -0.4 is 11.1 Å². The number of hydrogen-bond donors (Lipinski definition) is 2. The van der Waals surface area contributed by atoms with Gasteiger partial charge >= 0.3 is 6.03 Å². The molecular weight excluding hydrogens is 226 g/mol. The monoisotopic (exact) mass is 247 g/mol. The quantitative estimate of drug-likeness (QED) is 0.750. The number of nitrogens with one attached hydrogen (secondary N) is 1. The second-order valence-electron chi connectivity index (χ2n) is 5.14. The normalized spacial score (nSPS) is 16.7. The van der Waals surface area contributed by atoms with Gasteiger partial charge in [0.1, 0.15) is 0 Å². The maximum absolute atomic E-state index is 12.1. The molecule has 0 spiro atoms. The number of anilines is 2. The van der Waals surface area contributed by atoms with E-state index < -0.39 is 0 Å². The molecule has 0 atom stereocenters. The molecule has 1 heterocycles. The van der Waals surface area contributed by atoms with Crippen LogP contribution in [-0.2, 0) is 0 Å². The predicted molar refractivity (Wildman–Crippen MR) is 74.6 cm³/mol. The molecule has 0 radical (unpaired) electrons. The molecule has 3 N–H and O–H groups in total. The molecule has 0 aromatic heterocycles. The zero-order valence-electron chi connectivity index (χ0n) is 11.1. The highest BCUT2D eigenvalue weighted by Crippen LogP contribution is 2.24. The summed E-state index contributed by atoms with van der Waals surface area (Å²) in [6.07, 6.45) is 2.16. The van der Waals surface area contributed by atoms with E-state index in [1.165, 1.54) is 0 Å². The van der Waals surface area contributed by atoms with E-state index in [4.69, 9.17) is 5.73 Å². The van der Waals surface area contributed by atoms with Crippen molar-refractivity contribution >= 4 is 17.4 Å². The predicted octanol–water partition coefficient (Wildman–Crippen LogP) is 2.84. The molecule has 98 valence electrons. The van der Waals surface area contributed by atoms with Gasteiger partial charge in [-0.2, -0.15) is 0 Å². The molecule has 2 amide bonds. The van der Waals surface area contributed by atoms with E-state index >= 15 is 0 Å². The van der Waals surface area contributed by atoms with Gasteiger partial charge in [-0.05, 0) is 37.3 Å². The number of benzene rings is 1. The molecule has 1 aliphatic heterocycles. The van der Waals surface area contributed by atoms with Crippen LogP contribution in [0.2, 0.25) is 0 Å². The van der Waals surface area contributed by atoms with Crippen LogP contribution in [0.3, 0.4) is 0 Å². The van der Waals surface area contributed by atoms with E-state index in [9.17, 15) is 4.79 Å². The third kappa shape index (κ3) is 2.75. The minimum atomic E-state index is -0.0390. The zero-order chi connectivity index (χ0) is 13.1. The molecular formula is C14H21N3O. The van der Waals surface area contributed by atoms with Gasteiger partial charge in [0.05, 0.1) is 11.4 Å². The lowest BCUT2D eigenvalue weighted by Crippen LogP contribution is -2.40. The van der Waals surface area contributed by atoms with Gasteiger partial charge in [-0.25, -0.2) is 4.79 Å². The molecule has 0 bridgehead atoms. The number of likely N-dealkylation sites (tertiary alicyclic amines) is 1. The Morgan fingerprint density at radius 3 is 2.67 bits per heavy atom. The van der Waals surface area contributed by atoms with Gasteiger partial charge in [0.2, 0.25) is 0 Å². The van der Waals surface area contributed by atoms with Crippen LogP contribution in [0.1, 0.15) is 25.3 Å². The summed E-state index contributed by atoms with van der Waals surface area (Å²) in [4.78, 5) is 14.0. The summed E-state index contributed by atoms with van der Waals surface area (Å²) in [5.74, 6) is 0.720. The fourth-order valence-corrected chi connectivity index (χ4v) is 2.26. The maximum Gasteiger partial charge on any atom is 0.321 e. The third-order valence-corrected chi connectivity index (χ3v) is 3.61. The Bertz CT molecular complexity index is 416. The summed E-state index contributed by atoms with van der Waals surface area (Å²) in [6, 6.07) is 5.61. The Morgan fingerprint density at radius 2 is 2.06 bits per heavy atom. The summed E-state index contributed by atoms with van der Waals surface area (Å²) in [5, 5.41) is 2.93. The van der Waals surface area contributed by atoms with Gasteiger partial charge in [0.25, 0.3) is 0 Å². The van der Waals surface area contributed by atoms with Crippen molar-refractivity contribution in [1.29, 1.82) is 0 Å². The second kappa shape index (κ2) is 5.29. The minimum absolute atomic E-state index is 0.0390. The molecule has 1 saturated heterocycles. The second-order valence-corrected chi connectivity index (χ2v) is 5.14. The number of nitrogens with two attached hydrogens (primary N) is 1. The number of piperidine rings is 1. The first-order valence-electron chi connectivity index (χ1n) is 6.49. The van der Waals surface area contributed by atoms with Crippen LogP contribution in [0.25, 0.3) is 0 Å². The molecule has 1 aliphatic rings. The molecule has 18 heavy (non-hydrogen) atoms. The summed E-state index contributed by atoms with van der Waals surface area (Å²) in [7, 11) is 0. The summed E-state index contributed by atoms with van der Waals surface area (Å²) in [6.45, 7) is 5.84. The molecule has 4 heteroatoms. The molecule has 4 nitrogen and oxygen atoms in total. The number of nitrogens with zero attached hydrogens (tertiary/aromatic N) is 1. The number of carbonyl (C=O) groups is 1. The minimum Gasteiger partial charge on any atom is -0.397 e.